The van der Waals surface area contributed by atoms with Crippen LogP contribution in [-0.2, 0) is 0 Å². The second kappa shape index (κ2) is 3.92. The molecule has 1 aliphatic rings. The van der Waals surface area contributed by atoms with Crippen LogP contribution >= 0.6 is 0 Å². The number of nitrogens with one attached hydrogen (secondary N) is 1. The van der Waals surface area contributed by atoms with Gasteiger partial charge in [0, 0.05) is 25.2 Å². The van der Waals surface area contributed by atoms with Gasteiger partial charge in [0.15, 0.2) is 0 Å². The first-order chi connectivity index (χ1) is 6.75. The molecule has 0 amide bonds. The molecule has 1 aromatic rings. The molecule has 0 aromatic carbocycles. The van der Waals surface area contributed by atoms with E-state index in [9.17, 15) is 0 Å². The molecule has 76 valence electrons. The van der Waals surface area contributed by atoms with Crippen LogP contribution in [0.3, 0.4) is 0 Å². The van der Waals surface area contributed by atoms with Crippen molar-refractivity contribution in [1.29, 1.82) is 0 Å². The summed E-state index contributed by atoms with van der Waals surface area (Å²) in [7, 11) is 0. The molecule has 0 aliphatic carbocycles. The van der Waals surface area contributed by atoms with E-state index in [0.29, 0.717) is 12.1 Å². The van der Waals surface area contributed by atoms with Gasteiger partial charge in [-0.2, -0.15) is 0 Å². The molecule has 1 N–H and O–H groups in total. The molecule has 4 nitrogen and oxygen atoms in total. The zero-order valence-corrected chi connectivity index (χ0v) is 8.64. The van der Waals surface area contributed by atoms with Crippen LogP contribution in [0.1, 0.15) is 13.8 Å². The molecule has 4 heteroatoms. The number of hydrogen-bond acceptors (Lipinski definition) is 4. The van der Waals surface area contributed by atoms with E-state index in [2.05, 4.69) is 34.0 Å². The average Bonchev–Trinajstić information content (AvgIpc) is 2.18. The fourth-order valence-corrected chi connectivity index (χ4v) is 1.99. The zero-order valence-electron chi connectivity index (χ0n) is 8.64. The van der Waals surface area contributed by atoms with Crippen molar-refractivity contribution in [3.8, 4) is 0 Å². The molecular weight excluding hydrogens is 176 g/mol. The van der Waals surface area contributed by atoms with Crippen LogP contribution in [0.15, 0.2) is 18.7 Å². The lowest BCUT2D eigenvalue weighted by Crippen LogP contribution is -2.54. The Bertz CT molecular complexity index is 277. The molecule has 1 fully saturated rings. The third kappa shape index (κ3) is 2.01. The lowest BCUT2D eigenvalue weighted by Gasteiger charge is -2.37. The highest BCUT2D eigenvalue weighted by Crippen LogP contribution is 2.14. The van der Waals surface area contributed by atoms with Crippen molar-refractivity contribution in [3.05, 3.63) is 18.7 Å². The van der Waals surface area contributed by atoms with E-state index in [1.54, 1.807) is 6.33 Å². The molecule has 0 radical (unpaired) electrons. The molecule has 2 heterocycles. The van der Waals surface area contributed by atoms with Gasteiger partial charge < -0.3 is 10.2 Å². The van der Waals surface area contributed by atoms with Crippen LogP contribution in [0, 0.1) is 0 Å². The smallest absolute Gasteiger partial charge is 0.115 e. The predicted octanol–water partition coefficient (Wildman–Crippen LogP) is 0.663. The highest BCUT2D eigenvalue weighted by atomic mass is 15.2. The van der Waals surface area contributed by atoms with Crippen LogP contribution in [0.2, 0.25) is 0 Å². The lowest BCUT2D eigenvalue weighted by atomic mass is 10.1. The first-order valence-corrected chi connectivity index (χ1v) is 5.01. The Morgan fingerprint density at radius 1 is 1.21 bits per heavy atom. The SMILES string of the molecule is CC1CN(c2cncnc2)CC(C)N1. The Kier molecular flexibility index (Phi) is 2.63. The van der Waals surface area contributed by atoms with Crippen LogP contribution < -0.4 is 10.2 Å². The van der Waals surface area contributed by atoms with Crippen molar-refractivity contribution in [2.45, 2.75) is 25.9 Å². The summed E-state index contributed by atoms with van der Waals surface area (Å²) >= 11 is 0. The average molecular weight is 192 g/mol. The van der Waals surface area contributed by atoms with E-state index in [-0.39, 0.29) is 0 Å². The van der Waals surface area contributed by atoms with Gasteiger partial charge in [0.25, 0.3) is 0 Å². The summed E-state index contributed by atoms with van der Waals surface area (Å²) in [6, 6.07) is 1.05. The molecule has 1 aromatic heterocycles. The summed E-state index contributed by atoms with van der Waals surface area (Å²) in [5, 5.41) is 3.50. The molecule has 0 bridgehead atoms. The minimum Gasteiger partial charge on any atom is -0.366 e. The maximum atomic E-state index is 4.04. The molecule has 1 saturated heterocycles. The third-order valence-electron chi connectivity index (χ3n) is 2.47. The normalized spacial score (nSPS) is 27.7. The minimum atomic E-state index is 0.527. The maximum Gasteiger partial charge on any atom is 0.115 e. The molecule has 2 atom stereocenters. The number of piperazine rings is 1. The molecular formula is C10H16N4. The number of nitrogens with zero attached hydrogens (tertiary/aromatic N) is 3. The van der Waals surface area contributed by atoms with Crippen LogP contribution in [0.5, 0.6) is 0 Å². The number of anilines is 1. The van der Waals surface area contributed by atoms with Gasteiger partial charge in [-0.05, 0) is 13.8 Å². The lowest BCUT2D eigenvalue weighted by molar-refractivity contribution is 0.406. The minimum absolute atomic E-state index is 0.527. The predicted molar refractivity (Wildman–Crippen MR) is 56.3 cm³/mol. The van der Waals surface area contributed by atoms with E-state index in [1.807, 2.05) is 12.4 Å². The van der Waals surface area contributed by atoms with Crippen LogP contribution in [0.25, 0.3) is 0 Å². The molecule has 2 rings (SSSR count). The fourth-order valence-electron chi connectivity index (χ4n) is 1.99. The van der Waals surface area contributed by atoms with Crippen molar-refractivity contribution < 1.29 is 0 Å². The van der Waals surface area contributed by atoms with Gasteiger partial charge >= 0.3 is 0 Å². The zero-order chi connectivity index (χ0) is 9.97. The molecule has 0 spiro atoms. The van der Waals surface area contributed by atoms with Crippen LogP contribution in [0.4, 0.5) is 5.69 Å². The van der Waals surface area contributed by atoms with Crippen molar-refractivity contribution in [3.63, 3.8) is 0 Å². The third-order valence-corrected chi connectivity index (χ3v) is 2.47. The van der Waals surface area contributed by atoms with E-state index in [0.717, 1.165) is 18.8 Å². The van der Waals surface area contributed by atoms with Crippen molar-refractivity contribution in [2.24, 2.45) is 0 Å². The van der Waals surface area contributed by atoms with Gasteiger partial charge in [0.05, 0.1) is 18.1 Å². The summed E-state index contributed by atoms with van der Waals surface area (Å²) in [5.41, 5.74) is 1.12. The Balaban J connectivity index is 2.11. The Morgan fingerprint density at radius 2 is 1.79 bits per heavy atom. The summed E-state index contributed by atoms with van der Waals surface area (Å²) in [6.45, 7) is 6.45. The van der Waals surface area contributed by atoms with Gasteiger partial charge in [-0.15, -0.1) is 0 Å². The summed E-state index contributed by atoms with van der Waals surface area (Å²) < 4.78 is 0. The largest absolute Gasteiger partial charge is 0.366 e. The van der Waals surface area contributed by atoms with Crippen molar-refractivity contribution in [1.82, 2.24) is 15.3 Å². The molecule has 14 heavy (non-hydrogen) atoms. The first kappa shape index (κ1) is 9.40. The van der Waals surface area contributed by atoms with Gasteiger partial charge in [-0.1, -0.05) is 0 Å². The Morgan fingerprint density at radius 3 is 2.36 bits per heavy atom. The monoisotopic (exact) mass is 192 g/mol. The number of aromatic nitrogens is 2. The van der Waals surface area contributed by atoms with Gasteiger partial charge in [-0.25, -0.2) is 9.97 Å². The summed E-state index contributed by atoms with van der Waals surface area (Å²) in [5.74, 6) is 0. The molecule has 0 saturated carbocycles. The first-order valence-electron chi connectivity index (χ1n) is 5.01. The van der Waals surface area contributed by atoms with Crippen molar-refractivity contribution in [2.75, 3.05) is 18.0 Å². The molecule has 2 unspecified atom stereocenters. The van der Waals surface area contributed by atoms with E-state index < -0.39 is 0 Å². The highest BCUT2D eigenvalue weighted by Gasteiger charge is 2.20. The summed E-state index contributed by atoms with van der Waals surface area (Å²) in [4.78, 5) is 10.4. The second-order valence-corrected chi connectivity index (χ2v) is 3.97. The Labute approximate surface area is 84.4 Å². The van der Waals surface area contributed by atoms with Crippen LogP contribution in [-0.4, -0.2) is 35.1 Å². The quantitative estimate of drug-likeness (QED) is 0.710. The molecule has 1 aliphatic heterocycles. The standard InChI is InChI=1S/C10H16N4/c1-8-5-14(6-9(2)13-8)10-3-11-7-12-4-10/h3-4,7-9,13H,5-6H2,1-2H3. The van der Waals surface area contributed by atoms with E-state index >= 15 is 0 Å². The fraction of sp³-hybridized carbons (Fsp3) is 0.600. The number of hydrogen-bond donors (Lipinski definition) is 1. The van der Waals surface area contributed by atoms with E-state index in [4.69, 9.17) is 0 Å². The second-order valence-electron chi connectivity index (χ2n) is 3.97. The van der Waals surface area contributed by atoms with Gasteiger partial charge in [0.1, 0.15) is 6.33 Å². The highest BCUT2D eigenvalue weighted by molar-refractivity contribution is 5.42. The number of rotatable bonds is 1. The Hall–Kier alpha value is -1.16. The topological polar surface area (TPSA) is 41.1 Å². The van der Waals surface area contributed by atoms with Crippen molar-refractivity contribution >= 4 is 5.69 Å². The maximum absolute atomic E-state index is 4.04. The van der Waals surface area contributed by atoms with Gasteiger partial charge in [-0.3, -0.25) is 0 Å². The van der Waals surface area contributed by atoms with E-state index in [1.165, 1.54) is 0 Å². The summed E-state index contributed by atoms with van der Waals surface area (Å²) in [6.07, 6.45) is 5.31. The van der Waals surface area contributed by atoms with Gasteiger partial charge in [0.2, 0.25) is 0 Å².